The Morgan fingerprint density at radius 2 is 2.00 bits per heavy atom. The Balaban J connectivity index is 1.82. The normalized spacial score (nSPS) is 17.9. The minimum atomic E-state index is -0.491. The molecule has 6 nitrogen and oxygen atoms in total. The summed E-state index contributed by atoms with van der Waals surface area (Å²) in [5.41, 5.74) is 7.16. The second-order valence-electron chi connectivity index (χ2n) is 7.16. The van der Waals surface area contributed by atoms with E-state index in [1.807, 2.05) is 45.0 Å². The van der Waals surface area contributed by atoms with Crippen LogP contribution in [0.3, 0.4) is 0 Å². The van der Waals surface area contributed by atoms with Gasteiger partial charge in [0.1, 0.15) is 5.60 Å². The number of anilines is 1. The zero-order valence-corrected chi connectivity index (χ0v) is 14.7. The molecule has 1 atom stereocenters. The molecule has 24 heavy (non-hydrogen) atoms. The van der Waals surface area contributed by atoms with E-state index in [0.29, 0.717) is 32.5 Å². The first-order valence-electron chi connectivity index (χ1n) is 8.34. The molecule has 1 aromatic rings. The molecule has 0 radical (unpaired) electrons. The highest BCUT2D eigenvalue weighted by Crippen LogP contribution is 2.24. The number of amides is 2. The van der Waals surface area contributed by atoms with E-state index in [-0.39, 0.29) is 11.8 Å². The van der Waals surface area contributed by atoms with Crippen LogP contribution in [-0.2, 0) is 16.0 Å². The lowest BCUT2D eigenvalue weighted by atomic mass is 10.1. The third-order valence-electron chi connectivity index (χ3n) is 3.87. The molecule has 1 saturated heterocycles. The summed E-state index contributed by atoms with van der Waals surface area (Å²) in [6.07, 6.45) is 0.825. The number of benzene rings is 1. The third kappa shape index (κ3) is 5.23. The SMILES string of the molecule is CC(C)(C)OC(=O)NCCc1ccc(N2CC(CN)CC2=O)cc1. The predicted molar refractivity (Wildman–Crippen MR) is 93.9 cm³/mol. The van der Waals surface area contributed by atoms with Gasteiger partial charge in [0, 0.05) is 25.2 Å². The molecule has 3 N–H and O–H groups in total. The number of alkyl carbamates (subject to hydrolysis) is 1. The number of nitrogens with zero attached hydrogens (tertiary/aromatic N) is 1. The fourth-order valence-electron chi connectivity index (χ4n) is 2.65. The molecule has 0 aromatic heterocycles. The molecule has 1 aliphatic rings. The van der Waals surface area contributed by atoms with Crippen molar-refractivity contribution in [2.24, 2.45) is 11.7 Å². The molecule has 6 heteroatoms. The number of carbonyl (C=O) groups is 2. The van der Waals surface area contributed by atoms with Crippen LogP contribution in [0, 0.1) is 5.92 Å². The molecule has 0 saturated carbocycles. The number of ether oxygens (including phenoxy) is 1. The standard InChI is InChI=1S/C18H27N3O3/c1-18(2,3)24-17(23)20-9-8-13-4-6-15(7-5-13)21-12-14(11-19)10-16(21)22/h4-7,14H,8-12,19H2,1-3H3,(H,20,23). The van der Waals surface area contributed by atoms with Crippen molar-refractivity contribution in [1.29, 1.82) is 0 Å². The van der Waals surface area contributed by atoms with Gasteiger partial charge in [-0.3, -0.25) is 4.79 Å². The number of hydrogen-bond donors (Lipinski definition) is 2. The second-order valence-corrected chi connectivity index (χ2v) is 7.16. The zero-order valence-electron chi connectivity index (χ0n) is 14.7. The first-order valence-corrected chi connectivity index (χ1v) is 8.34. The topological polar surface area (TPSA) is 84.7 Å². The molecule has 2 rings (SSSR count). The fraction of sp³-hybridized carbons (Fsp3) is 0.556. The molecular weight excluding hydrogens is 306 g/mol. The maximum Gasteiger partial charge on any atom is 0.407 e. The van der Waals surface area contributed by atoms with Crippen molar-refractivity contribution in [3.63, 3.8) is 0 Å². The molecule has 132 valence electrons. The van der Waals surface area contributed by atoms with E-state index in [0.717, 1.165) is 11.3 Å². The van der Waals surface area contributed by atoms with Crippen molar-refractivity contribution in [1.82, 2.24) is 5.32 Å². The summed E-state index contributed by atoms with van der Waals surface area (Å²) in [5.74, 6) is 0.375. The van der Waals surface area contributed by atoms with Gasteiger partial charge >= 0.3 is 6.09 Å². The average molecular weight is 333 g/mol. The van der Waals surface area contributed by atoms with E-state index in [4.69, 9.17) is 10.5 Å². The second kappa shape index (κ2) is 7.66. The van der Waals surface area contributed by atoms with Gasteiger partial charge in [-0.15, -0.1) is 0 Å². The quantitative estimate of drug-likeness (QED) is 0.864. The van der Waals surface area contributed by atoms with Gasteiger partial charge in [0.2, 0.25) is 5.91 Å². The van der Waals surface area contributed by atoms with Crippen LogP contribution in [0.1, 0.15) is 32.8 Å². The molecular formula is C18H27N3O3. The van der Waals surface area contributed by atoms with Crippen molar-refractivity contribution in [2.75, 3.05) is 24.5 Å². The Labute approximate surface area is 143 Å². The molecule has 0 spiro atoms. The third-order valence-corrected chi connectivity index (χ3v) is 3.87. The van der Waals surface area contributed by atoms with E-state index in [1.54, 1.807) is 4.90 Å². The van der Waals surface area contributed by atoms with Crippen LogP contribution in [0.15, 0.2) is 24.3 Å². The fourth-order valence-corrected chi connectivity index (χ4v) is 2.65. The van der Waals surface area contributed by atoms with E-state index >= 15 is 0 Å². The van der Waals surface area contributed by atoms with Crippen LogP contribution in [-0.4, -0.2) is 37.2 Å². The maximum atomic E-state index is 12.0. The first kappa shape index (κ1) is 18.3. The van der Waals surface area contributed by atoms with Crippen molar-refractivity contribution in [3.05, 3.63) is 29.8 Å². The predicted octanol–water partition coefficient (Wildman–Crippen LogP) is 2.07. The summed E-state index contributed by atoms with van der Waals surface area (Å²) in [7, 11) is 0. The van der Waals surface area contributed by atoms with E-state index in [9.17, 15) is 9.59 Å². The summed E-state index contributed by atoms with van der Waals surface area (Å²) in [6.45, 7) is 7.23. The Morgan fingerprint density at radius 1 is 1.33 bits per heavy atom. The Morgan fingerprint density at radius 3 is 2.54 bits per heavy atom. The van der Waals surface area contributed by atoms with Crippen LogP contribution >= 0.6 is 0 Å². The molecule has 1 unspecified atom stereocenters. The first-order chi connectivity index (χ1) is 11.3. The van der Waals surface area contributed by atoms with Gasteiger partial charge in [-0.2, -0.15) is 0 Å². The van der Waals surface area contributed by atoms with Crippen molar-refractivity contribution in [3.8, 4) is 0 Å². The number of hydrogen-bond acceptors (Lipinski definition) is 4. The van der Waals surface area contributed by atoms with E-state index in [2.05, 4.69) is 5.32 Å². The van der Waals surface area contributed by atoms with E-state index < -0.39 is 11.7 Å². The van der Waals surface area contributed by atoms with Crippen LogP contribution in [0.2, 0.25) is 0 Å². The molecule has 1 aliphatic heterocycles. The van der Waals surface area contributed by atoms with Gasteiger partial charge in [0.25, 0.3) is 0 Å². The lowest BCUT2D eigenvalue weighted by Gasteiger charge is -2.19. The molecule has 1 heterocycles. The summed E-state index contributed by atoms with van der Waals surface area (Å²) in [4.78, 5) is 25.4. The average Bonchev–Trinajstić information content (AvgIpc) is 2.87. The summed E-state index contributed by atoms with van der Waals surface area (Å²) < 4.78 is 5.19. The molecule has 0 bridgehead atoms. The molecule has 1 aromatic carbocycles. The van der Waals surface area contributed by atoms with Gasteiger partial charge in [-0.1, -0.05) is 12.1 Å². The Kier molecular flexibility index (Phi) is 5.83. The number of carbonyl (C=O) groups excluding carboxylic acids is 2. The highest BCUT2D eigenvalue weighted by atomic mass is 16.6. The van der Waals surface area contributed by atoms with Crippen LogP contribution in [0.5, 0.6) is 0 Å². The minimum Gasteiger partial charge on any atom is -0.444 e. The van der Waals surface area contributed by atoms with Crippen molar-refractivity contribution >= 4 is 17.7 Å². The molecule has 0 aliphatic carbocycles. The maximum absolute atomic E-state index is 12.0. The van der Waals surface area contributed by atoms with Gasteiger partial charge in [-0.25, -0.2) is 4.79 Å². The highest BCUT2D eigenvalue weighted by molar-refractivity contribution is 5.95. The minimum absolute atomic E-state index is 0.129. The van der Waals surface area contributed by atoms with E-state index in [1.165, 1.54) is 0 Å². The van der Waals surface area contributed by atoms with Crippen LogP contribution in [0.25, 0.3) is 0 Å². The molecule has 2 amide bonds. The van der Waals surface area contributed by atoms with Gasteiger partial charge in [0.05, 0.1) is 0 Å². The Bertz CT molecular complexity index is 578. The summed E-state index contributed by atoms with van der Waals surface area (Å²) in [5, 5.41) is 2.74. The Hall–Kier alpha value is -2.08. The summed E-state index contributed by atoms with van der Waals surface area (Å²) >= 11 is 0. The number of nitrogens with one attached hydrogen (secondary N) is 1. The summed E-state index contributed by atoms with van der Waals surface area (Å²) in [6, 6.07) is 7.85. The largest absolute Gasteiger partial charge is 0.444 e. The highest BCUT2D eigenvalue weighted by Gasteiger charge is 2.29. The van der Waals surface area contributed by atoms with Gasteiger partial charge in [0.15, 0.2) is 0 Å². The van der Waals surface area contributed by atoms with Gasteiger partial charge < -0.3 is 20.7 Å². The van der Waals surface area contributed by atoms with Crippen LogP contribution in [0.4, 0.5) is 10.5 Å². The number of rotatable bonds is 5. The monoisotopic (exact) mass is 333 g/mol. The lowest BCUT2D eigenvalue weighted by Crippen LogP contribution is -2.33. The zero-order chi connectivity index (χ0) is 17.7. The smallest absolute Gasteiger partial charge is 0.407 e. The molecule has 1 fully saturated rings. The van der Waals surface area contributed by atoms with Crippen LogP contribution < -0.4 is 16.0 Å². The van der Waals surface area contributed by atoms with Crippen molar-refractivity contribution < 1.29 is 14.3 Å². The van der Waals surface area contributed by atoms with Crippen molar-refractivity contribution in [2.45, 2.75) is 39.2 Å². The van der Waals surface area contributed by atoms with Gasteiger partial charge in [-0.05, 0) is 57.4 Å². The number of nitrogens with two attached hydrogens (primary N) is 1. The lowest BCUT2D eigenvalue weighted by molar-refractivity contribution is -0.117.